The maximum atomic E-state index is 13.4. The molecule has 1 aromatic rings. The maximum Gasteiger partial charge on any atom is 0.180 e. The number of carbonyl (C=O) groups is 1. The van der Waals surface area contributed by atoms with Crippen LogP contribution in [0.1, 0.15) is 15.9 Å². The zero-order valence-electron chi connectivity index (χ0n) is 10.2. The molecule has 5 heteroatoms. The average Bonchev–Trinajstić information content (AvgIpc) is 2.22. The molecule has 0 aliphatic heterocycles. The van der Waals surface area contributed by atoms with E-state index in [0.29, 0.717) is 12.1 Å². The van der Waals surface area contributed by atoms with E-state index in [1.807, 2.05) is 19.0 Å². The van der Waals surface area contributed by atoms with Gasteiger partial charge in [0, 0.05) is 6.54 Å². The van der Waals surface area contributed by atoms with Gasteiger partial charge in [-0.3, -0.25) is 4.79 Å². The maximum absolute atomic E-state index is 13.4. The van der Waals surface area contributed by atoms with Crippen molar-refractivity contribution in [1.29, 1.82) is 0 Å². The van der Waals surface area contributed by atoms with Crippen LogP contribution >= 0.6 is 0 Å². The van der Waals surface area contributed by atoms with Gasteiger partial charge in [-0.15, -0.1) is 0 Å². The number of Topliss-reactive ketones (excluding diaryl/α,β-unsaturated/α-hetero) is 1. The number of likely N-dealkylation sites (N-methyl/N-ethyl adjacent to an activating group) is 1. The van der Waals surface area contributed by atoms with Gasteiger partial charge in [-0.1, -0.05) is 0 Å². The number of phenolic OH excluding ortho intramolecular Hbond substituents is 1. The molecule has 0 aromatic heterocycles. The number of hydrogen-bond donors (Lipinski definition) is 2. The summed E-state index contributed by atoms with van der Waals surface area (Å²) in [7, 11) is 5.31. The number of nitrogens with one attached hydrogen (secondary N) is 1. The molecule has 2 N–H and O–H groups in total. The Hall–Kier alpha value is -1.46. The molecule has 17 heavy (non-hydrogen) atoms. The fraction of sp³-hybridized carbons (Fsp3) is 0.417. The summed E-state index contributed by atoms with van der Waals surface area (Å²) in [6, 6.07) is 2.77. The number of nitrogens with zero attached hydrogens (tertiary/aromatic N) is 1. The van der Waals surface area contributed by atoms with Gasteiger partial charge in [-0.25, -0.2) is 4.39 Å². The highest BCUT2D eigenvalue weighted by Gasteiger charge is 2.16. The summed E-state index contributed by atoms with van der Waals surface area (Å²) in [6.07, 6.45) is 0. The Morgan fingerprint density at radius 1 is 1.47 bits per heavy atom. The van der Waals surface area contributed by atoms with Gasteiger partial charge in [-0.05, 0) is 38.8 Å². The molecule has 0 aliphatic rings. The number of benzene rings is 1. The number of halogens is 1. The summed E-state index contributed by atoms with van der Waals surface area (Å²) in [5.41, 5.74) is 0.681. The number of carbonyl (C=O) groups excluding carboxylic acids is 1. The number of phenols is 1. The quantitative estimate of drug-likeness (QED) is 0.754. The molecular formula is C12H17FN2O2. The standard InChI is InChI=1S/C12H17FN2O2/c1-14-6-11(16)9-4-8(7-15(2)3)5-10(13)12(9)17/h4-5,14,17H,6-7H2,1-3H3. The molecular weight excluding hydrogens is 223 g/mol. The molecule has 0 heterocycles. The van der Waals surface area contributed by atoms with Crippen LogP contribution in [0.2, 0.25) is 0 Å². The van der Waals surface area contributed by atoms with Crippen LogP contribution in [-0.4, -0.2) is 43.5 Å². The molecule has 0 saturated heterocycles. The van der Waals surface area contributed by atoms with Crippen molar-refractivity contribution < 1.29 is 14.3 Å². The SMILES string of the molecule is CNCC(=O)c1cc(CN(C)C)cc(F)c1O. The van der Waals surface area contributed by atoms with Crippen LogP contribution in [0.3, 0.4) is 0 Å². The third-order valence-electron chi connectivity index (χ3n) is 2.26. The molecule has 0 unspecified atom stereocenters. The van der Waals surface area contributed by atoms with E-state index in [1.54, 1.807) is 7.05 Å². The van der Waals surface area contributed by atoms with Crippen molar-refractivity contribution >= 4 is 5.78 Å². The topological polar surface area (TPSA) is 52.6 Å². The second-order valence-corrected chi connectivity index (χ2v) is 4.17. The monoisotopic (exact) mass is 240 g/mol. The molecule has 1 aromatic carbocycles. The molecule has 0 saturated carbocycles. The predicted molar refractivity (Wildman–Crippen MR) is 63.7 cm³/mol. The minimum absolute atomic E-state index is 0.0243. The van der Waals surface area contributed by atoms with Crippen molar-refractivity contribution in [3.8, 4) is 5.75 Å². The highest BCUT2D eigenvalue weighted by Crippen LogP contribution is 2.24. The molecule has 4 nitrogen and oxygen atoms in total. The van der Waals surface area contributed by atoms with E-state index in [2.05, 4.69) is 5.32 Å². The van der Waals surface area contributed by atoms with Crippen molar-refractivity contribution in [2.24, 2.45) is 0 Å². The van der Waals surface area contributed by atoms with Crippen LogP contribution in [0.25, 0.3) is 0 Å². The van der Waals surface area contributed by atoms with E-state index in [1.165, 1.54) is 12.1 Å². The Morgan fingerprint density at radius 3 is 2.65 bits per heavy atom. The van der Waals surface area contributed by atoms with Crippen LogP contribution in [-0.2, 0) is 6.54 Å². The lowest BCUT2D eigenvalue weighted by Crippen LogP contribution is -2.19. The minimum Gasteiger partial charge on any atom is -0.504 e. The Balaban J connectivity index is 3.10. The van der Waals surface area contributed by atoms with Crippen molar-refractivity contribution in [2.75, 3.05) is 27.7 Å². The summed E-state index contributed by atoms with van der Waals surface area (Å²) in [5, 5.41) is 12.2. The molecule has 94 valence electrons. The first kappa shape index (κ1) is 13.6. The molecule has 0 amide bonds. The number of ketones is 1. The normalized spacial score (nSPS) is 10.9. The predicted octanol–water partition coefficient (Wildman–Crippen LogP) is 0.995. The van der Waals surface area contributed by atoms with Gasteiger partial charge in [0.05, 0.1) is 12.1 Å². The Morgan fingerprint density at radius 2 is 2.12 bits per heavy atom. The molecule has 0 fully saturated rings. The summed E-state index contributed by atoms with van der Waals surface area (Å²) in [5.74, 6) is -1.67. The smallest absolute Gasteiger partial charge is 0.180 e. The van der Waals surface area contributed by atoms with E-state index in [0.717, 1.165) is 0 Å². The number of rotatable bonds is 5. The van der Waals surface area contributed by atoms with Crippen molar-refractivity contribution in [1.82, 2.24) is 10.2 Å². The fourth-order valence-corrected chi connectivity index (χ4v) is 1.58. The van der Waals surface area contributed by atoms with E-state index >= 15 is 0 Å². The van der Waals surface area contributed by atoms with Gasteiger partial charge in [0.25, 0.3) is 0 Å². The van der Waals surface area contributed by atoms with Gasteiger partial charge in [-0.2, -0.15) is 0 Å². The van der Waals surface area contributed by atoms with Crippen LogP contribution in [0.4, 0.5) is 4.39 Å². The third-order valence-corrected chi connectivity index (χ3v) is 2.26. The lowest BCUT2D eigenvalue weighted by atomic mass is 10.0. The van der Waals surface area contributed by atoms with Crippen LogP contribution < -0.4 is 5.32 Å². The van der Waals surface area contributed by atoms with Gasteiger partial charge in [0.15, 0.2) is 17.3 Å². The minimum atomic E-state index is -0.760. The van der Waals surface area contributed by atoms with Crippen molar-refractivity contribution in [3.63, 3.8) is 0 Å². The molecule has 1 rings (SSSR count). The van der Waals surface area contributed by atoms with Crippen LogP contribution in [0, 0.1) is 5.82 Å². The Kier molecular flexibility index (Phi) is 4.60. The summed E-state index contributed by atoms with van der Waals surface area (Å²) in [6.45, 7) is 0.579. The summed E-state index contributed by atoms with van der Waals surface area (Å²) >= 11 is 0. The first-order chi connectivity index (χ1) is 7.95. The van der Waals surface area contributed by atoms with Crippen molar-refractivity contribution in [3.05, 3.63) is 29.1 Å². The fourth-order valence-electron chi connectivity index (χ4n) is 1.58. The summed E-state index contributed by atoms with van der Waals surface area (Å²) < 4.78 is 13.4. The summed E-state index contributed by atoms with van der Waals surface area (Å²) in [4.78, 5) is 13.5. The van der Waals surface area contributed by atoms with Crippen molar-refractivity contribution in [2.45, 2.75) is 6.54 Å². The van der Waals surface area contributed by atoms with E-state index in [9.17, 15) is 14.3 Å². The number of aromatic hydroxyl groups is 1. The second-order valence-electron chi connectivity index (χ2n) is 4.17. The lowest BCUT2D eigenvalue weighted by molar-refractivity contribution is 0.0990. The molecule has 0 aliphatic carbocycles. The first-order valence-electron chi connectivity index (χ1n) is 5.29. The third kappa shape index (κ3) is 3.51. The largest absolute Gasteiger partial charge is 0.504 e. The zero-order valence-corrected chi connectivity index (χ0v) is 10.2. The lowest BCUT2D eigenvalue weighted by Gasteiger charge is -2.12. The Labute approximate surface area is 100 Å². The molecule has 0 radical (unpaired) electrons. The van der Waals surface area contributed by atoms with E-state index in [4.69, 9.17) is 0 Å². The molecule has 0 bridgehead atoms. The highest BCUT2D eigenvalue weighted by atomic mass is 19.1. The van der Waals surface area contributed by atoms with Gasteiger partial charge in [0.2, 0.25) is 0 Å². The van der Waals surface area contributed by atoms with Gasteiger partial charge >= 0.3 is 0 Å². The van der Waals surface area contributed by atoms with E-state index in [-0.39, 0.29) is 17.9 Å². The Bertz CT molecular complexity index is 419. The molecule has 0 atom stereocenters. The second kappa shape index (κ2) is 5.75. The zero-order chi connectivity index (χ0) is 13.0. The average molecular weight is 240 g/mol. The van der Waals surface area contributed by atoms with Gasteiger partial charge in [0.1, 0.15) is 0 Å². The first-order valence-corrected chi connectivity index (χ1v) is 5.29. The van der Waals surface area contributed by atoms with E-state index < -0.39 is 11.6 Å². The molecule has 0 spiro atoms. The highest BCUT2D eigenvalue weighted by molar-refractivity contribution is 6.00. The van der Waals surface area contributed by atoms with Gasteiger partial charge < -0.3 is 15.3 Å². The van der Waals surface area contributed by atoms with Crippen LogP contribution in [0.5, 0.6) is 5.75 Å². The number of hydrogen-bond acceptors (Lipinski definition) is 4. The van der Waals surface area contributed by atoms with Crippen LogP contribution in [0.15, 0.2) is 12.1 Å².